The molecule has 0 aliphatic rings. The highest BCUT2D eigenvalue weighted by Gasteiger charge is 2.01. The lowest BCUT2D eigenvalue weighted by Crippen LogP contribution is -1.99. The Labute approximate surface area is 70.9 Å². The van der Waals surface area contributed by atoms with E-state index in [0.29, 0.717) is 5.92 Å². The topological polar surface area (TPSA) is 12.9 Å². The molecule has 10 heavy (non-hydrogen) atoms. The molecule has 0 amide bonds. The first-order valence-corrected chi connectivity index (χ1v) is 4.83. The number of aromatic nitrogens is 1. The van der Waals surface area contributed by atoms with Gasteiger partial charge in [-0.25, -0.2) is 4.98 Å². The summed E-state index contributed by atoms with van der Waals surface area (Å²) in [5, 5.41) is 3.24. The first kappa shape index (κ1) is 8.08. The van der Waals surface area contributed by atoms with Gasteiger partial charge in [0.2, 0.25) is 0 Å². The van der Waals surface area contributed by atoms with Crippen LogP contribution in [-0.4, -0.2) is 10.7 Å². The Morgan fingerprint density at radius 3 is 3.10 bits per heavy atom. The Morgan fingerprint density at radius 1 is 1.80 bits per heavy atom. The van der Waals surface area contributed by atoms with Crippen molar-refractivity contribution in [3.05, 3.63) is 16.6 Å². The van der Waals surface area contributed by atoms with Crippen LogP contribution in [0.15, 0.2) is 11.6 Å². The van der Waals surface area contributed by atoms with Gasteiger partial charge in [-0.15, -0.1) is 11.3 Å². The summed E-state index contributed by atoms with van der Waals surface area (Å²) in [4.78, 5) is 4.19. The van der Waals surface area contributed by atoms with Gasteiger partial charge < -0.3 is 0 Å². The SMILES string of the molecule is C[C@H](CS)Cc1nccs1. The molecule has 0 aliphatic heterocycles. The van der Waals surface area contributed by atoms with Crippen molar-refractivity contribution in [2.75, 3.05) is 5.75 Å². The minimum Gasteiger partial charge on any atom is -0.250 e. The highest BCUT2D eigenvalue weighted by atomic mass is 32.1. The zero-order chi connectivity index (χ0) is 7.40. The van der Waals surface area contributed by atoms with Crippen molar-refractivity contribution in [2.24, 2.45) is 5.92 Å². The van der Waals surface area contributed by atoms with Crippen molar-refractivity contribution < 1.29 is 0 Å². The third-order valence-corrected chi connectivity index (χ3v) is 2.74. The van der Waals surface area contributed by atoms with E-state index in [1.54, 1.807) is 11.3 Å². The minimum absolute atomic E-state index is 0.648. The van der Waals surface area contributed by atoms with Gasteiger partial charge in [0, 0.05) is 18.0 Å². The van der Waals surface area contributed by atoms with E-state index in [2.05, 4.69) is 24.5 Å². The van der Waals surface area contributed by atoms with Gasteiger partial charge in [-0.1, -0.05) is 6.92 Å². The zero-order valence-corrected chi connectivity index (χ0v) is 7.66. The number of hydrogen-bond donors (Lipinski definition) is 1. The summed E-state index contributed by atoms with van der Waals surface area (Å²) in [6.45, 7) is 2.19. The highest BCUT2D eigenvalue weighted by Crippen LogP contribution is 2.11. The predicted molar refractivity (Wildman–Crippen MR) is 48.8 cm³/mol. The van der Waals surface area contributed by atoms with Crippen LogP contribution in [0, 0.1) is 5.92 Å². The molecule has 0 aliphatic carbocycles. The van der Waals surface area contributed by atoms with Gasteiger partial charge in [0.1, 0.15) is 0 Å². The Kier molecular flexibility index (Phi) is 3.22. The molecule has 1 nitrogen and oxygen atoms in total. The Morgan fingerprint density at radius 2 is 2.60 bits per heavy atom. The lowest BCUT2D eigenvalue weighted by Gasteiger charge is -2.02. The molecule has 0 aromatic carbocycles. The van der Waals surface area contributed by atoms with E-state index in [0.717, 1.165) is 12.2 Å². The van der Waals surface area contributed by atoms with Crippen LogP contribution in [0.25, 0.3) is 0 Å². The maximum absolute atomic E-state index is 4.20. The van der Waals surface area contributed by atoms with Crippen molar-refractivity contribution >= 4 is 24.0 Å². The molecule has 56 valence electrons. The van der Waals surface area contributed by atoms with Crippen molar-refractivity contribution in [2.45, 2.75) is 13.3 Å². The average Bonchev–Trinajstić information content (AvgIpc) is 2.40. The number of rotatable bonds is 3. The first-order valence-electron chi connectivity index (χ1n) is 3.32. The number of thiol groups is 1. The van der Waals surface area contributed by atoms with E-state index in [1.807, 2.05) is 11.6 Å². The predicted octanol–water partition coefficient (Wildman–Crippen LogP) is 2.25. The fourth-order valence-corrected chi connectivity index (χ4v) is 1.63. The lowest BCUT2D eigenvalue weighted by molar-refractivity contribution is 0.657. The first-order chi connectivity index (χ1) is 4.83. The maximum atomic E-state index is 4.20. The summed E-state index contributed by atoms with van der Waals surface area (Å²) in [6, 6.07) is 0. The van der Waals surface area contributed by atoms with Gasteiger partial charge >= 0.3 is 0 Å². The number of thiazole rings is 1. The third-order valence-electron chi connectivity index (χ3n) is 1.32. The normalized spacial score (nSPS) is 13.4. The van der Waals surface area contributed by atoms with Crippen molar-refractivity contribution in [3.8, 4) is 0 Å². The van der Waals surface area contributed by atoms with Crippen LogP contribution in [0.4, 0.5) is 0 Å². The molecule has 0 unspecified atom stereocenters. The molecule has 1 aromatic rings. The monoisotopic (exact) mass is 173 g/mol. The summed E-state index contributed by atoms with van der Waals surface area (Å²) in [7, 11) is 0. The van der Waals surface area contributed by atoms with Gasteiger partial charge in [-0.2, -0.15) is 12.6 Å². The molecule has 3 heteroatoms. The summed E-state index contributed by atoms with van der Waals surface area (Å²) in [5.41, 5.74) is 0. The smallest absolute Gasteiger partial charge is 0.0927 e. The number of hydrogen-bond acceptors (Lipinski definition) is 3. The van der Waals surface area contributed by atoms with Crippen LogP contribution in [0.2, 0.25) is 0 Å². The van der Waals surface area contributed by atoms with Crippen molar-refractivity contribution in [3.63, 3.8) is 0 Å². The summed E-state index contributed by atoms with van der Waals surface area (Å²) >= 11 is 5.93. The summed E-state index contributed by atoms with van der Waals surface area (Å²) < 4.78 is 0. The van der Waals surface area contributed by atoms with E-state index in [-0.39, 0.29) is 0 Å². The number of nitrogens with zero attached hydrogens (tertiary/aromatic N) is 1. The highest BCUT2D eigenvalue weighted by molar-refractivity contribution is 7.80. The summed E-state index contributed by atoms with van der Waals surface area (Å²) in [6.07, 6.45) is 2.92. The van der Waals surface area contributed by atoms with Gasteiger partial charge in [0.15, 0.2) is 0 Å². The molecule has 0 radical (unpaired) electrons. The van der Waals surface area contributed by atoms with Gasteiger partial charge in [-0.3, -0.25) is 0 Å². The summed E-state index contributed by atoms with van der Waals surface area (Å²) in [5.74, 6) is 1.59. The van der Waals surface area contributed by atoms with Crippen LogP contribution in [0.5, 0.6) is 0 Å². The van der Waals surface area contributed by atoms with Gasteiger partial charge in [-0.05, 0) is 11.7 Å². The molecule has 1 atom stereocenters. The Balaban J connectivity index is 2.40. The third kappa shape index (κ3) is 2.31. The molecule has 0 saturated carbocycles. The largest absolute Gasteiger partial charge is 0.250 e. The van der Waals surface area contributed by atoms with Crippen molar-refractivity contribution in [1.82, 2.24) is 4.98 Å². The molecule has 0 saturated heterocycles. The van der Waals surface area contributed by atoms with Crippen molar-refractivity contribution in [1.29, 1.82) is 0 Å². The molecule has 0 bridgehead atoms. The van der Waals surface area contributed by atoms with E-state index in [9.17, 15) is 0 Å². The molecule has 0 fully saturated rings. The fourth-order valence-electron chi connectivity index (χ4n) is 0.716. The quantitative estimate of drug-likeness (QED) is 0.692. The standard InChI is InChI=1S/C7H11NS2/c1-6(5-9)4-7-8-2-3-10-7/h2-3,6,9H,4-5H2,1H3/t6-/m0/s1. The van der Waals surface area contributed by atoms with E-state index in [4.69, 9.17) is 0 Å². The molecular formula is C7H11NS2. The van der Waals surface area contributed by atoms with Gasteiger partial charge in [0.25, 0.3) is 0 Å². The second-order valence-electron chi connectivity index (χ2n) is 2.42. The molecule has 1 rings (SSSR count). The molecule has 1 aromatic heterocycles. The minimum atomic E-state index is 0.648. The molecule has 0 N–H and O–H groups in total. The van der Waals surface area contributed by atoms with Crippen LogP contribution >= 0.6 is 24.0 Å². The Bertz CT molecular complexity index is 172. The van der Waals surface area contributed by atoms with Crippen LogP contribution in [0.1, 0.15) is 11.9 Å². The second kappa shape index (κ2) is 3.98. The molecular weight excluding hydrogens is 162 g/mol. The average molecular weight is 173 g/mol. The Hall–Kier alpha value is -0.0200. The van der Waals surface area contributed by atoms with E-state index >= 15 is 0 Å². The van der Waals surface area contributed by atoms with Crippen LogP contribution < -0.4 is 0 Å². The van der Waals surface area contributed by atoms with Crippen LogP contribution in [0.3, 0.4) is 0 Å². The second-order valence-corrected chi connectivity index (χ2v) is 3.76. The maximum Gasteiger partial charge on any atom is 0.0927 e. The van der Waals surface area contributed by atoms with E-state index in [1.165, 1.54) is 5.01 Å². The molecule has 1 heterocycles. The molecule has 0 spiro atoms. The zero-order valence-electron chi connectivity index (χ0n) is 5.95. The van der Waals surface area contributed by atoms with Gasteiger partial charge in [0.05, 0.1) is 5.01 Å². The van der Waals surface area contributed by atoms with Crippen LogP contribution in [-0.2, 0) is 6.42 Å². The van der Waals surface area contributed by atoms with E-state index < -0.39 is 0 Å². The fraction of sp³-hybridized carbons (Fsp3) is 0.571. The lowest BCUT2D eigenvalue weighted by atomic mass is 10.1.